The van der Waals surface area contributed by atoms with Gasteiger partial charge in [0.2, 0.25) is 0 Å². The van der Waals surface area contributed by atoms with E-state index in [0.29, 0.717) is 11.5 Å². The minimum Gasteiger partial charge on any atom is -0.403 e. The summed E-state index contributed by atoms with van der Waals surface area (Å²) in [5.74, 6) is 69.3. The van der Waals surface area contributed by atoms with E-state index in [2.05, 4.69) is 178 Å². The molecule has 0 saturated heterocycles. The smallest absolute Gasteiger partial charge is 0.184 e. The zero-order chi connectivity index (χ0) is 29.5. The van der Waals surface area contributed by atoms with Crippen LogP contribution in [0.3, 0.4) is 0 Å². The second kappa shape index (κ2) is 23.5. The Morgan fingerprint density at radius 3 is 1.05 bits per heavy atom. The third kappa shape index (κ3) is 18.7. The number of rotatable bonds is 2. The zero-order valence-corrected chi connectivity index (χ0v) is 21.2. The van der Waals surface area contributed by atoms with Gasteiger partial charge in [-0.05, 0) is 108 Å². The summed E-state index contributed by atoms with van der Waals surface area (Å²) < 4.78 is 10.8. The Bertz CT molecular complexity index is 2260. The predicted molar refractivity (Wildman–Crippen MR) is 205 cm³/mol. The van der Waals surface area contributed by atoms with E-state index in [1.54, 1.807) is 12.1 Å². The predicted octanol–water partition coefficient (Wildman–Crippen LogP) is 7.39. The Morgan fingerprint density at radius 1 is 0.415 bits per heavy atom. The van der Waals surface area contributed by atoms with Crippen LogP contribution in [0, 0.1) is 198 Å². The molecular weight excluding hydrogens is 500 g/mol. The van der Waals surface area contributed by atoms with Gasteiger partial charge in [-0.1, -0.05) is 6.07 Å². The van der Waals surface area contributed by atoms with Gasteiger partial charge in [0.15, 0.2) is 11.5 Å². The highest BCUT2D eigenvalue weighted by Gasteiger charge is 2.04. The second-order valence-corrected chi connectivity index (χ2v) is 5.90. The first-order valence-corrected chi connectivity index (χ1v) is 10.6. The molecule has 0 aliphatic heterocycles. The fraction of sp³-hybridized carbons (Fsp3) is 0.0256. The lowest BCUT2D eigenvalue weighted by Gasteiger charge is -2.04. The number of hydrogen-bond acceptors (Lipinski definition) is 2. The van der Waals surface area contributed by atoms with Crippen LogP contribution in [0.2, 0.25) is 0 Å². The SMILES string of the molecule is C#CC#CC#CC#CC#CC#CC#CC#COc1ccc(C)cc1OC#CC#CC#CC#CC#CC#CC#CC#C.[HH].[HH].[HH].[HH].[HH].[HH].[HH].[HH].[HH].[HH].[HH].[HH].[HH].[HH].[HH].[HH].[HH].[HH].[HH].[HH].[HH].[HH]. The summed E-state index contributed by atoms with van der Waals surface area (Å²) in [5, 5.41) is 0. The van der Waals surface area contributed by atoms with Gasteiger partial charge < -0.3 is 9.47 Å². The van der Waals surface area contributed by atoms with E-state index < -0.39 is 0 Å². The van der Waals surface area contributed by atoms with Crippen molar-refractivity contribution >= 4 is 0 Å². The van der Waals surface area contributed by atoms with Crippen molar-refractivity contribution in [2.45, 2.75) is 6.92 Å². The molecule has 0 fully saturated rings. The summed E-state index contributed by atoms with van der Waals surface area (Å²) in [7, 11) is 0. The van der Waals surface area contributed by atoms with Gasteiger partial charge in [-0.15, -0.1) is 12.8 Å². The van der Waals surface area contributed by atoms with Crippen molar-refractivity contribution in [3.05, 3.63) is 23.8 Å². The largest absolute Gasteiger partial charge is 0.403 e. The van der Waals surface area contributed by atoms with Crippen molar-refractivity contribution in [2.75, 3.05) is 0 Å². The average Bonchev–Trinajstić information content (AvgIpc) is 2.98. The van der Waals surface area contributed by atoms with E-state index in [9.17, 15) is 0 Å². The molecule has 0 radical (unpaired) electrons. The van der Waals surface area contributed by atoms with E-state index in [0.717, 1.165) is 5.56 Å². The van der Waals surface area contributed by atoms with Crippen molar-refractivity contribution in [1.29, 1.82) is 0 Å². The summed E-state index contributed by atoms with van der Waals surface area (Å²) in [6.07, 6.45) is 14.8. The molecule has 220 valence electrons. The van der Waals surface area contributed by atoms with Gasteiger partial charge in [0, 0.05) is 114 Å². The average molecular weight is 553 g/mol. The van der Waals surface area contributed by atoms with Crippen LogP contribution in [-0.4, -0.2) is 0 Å². The molecule has 0 N–H and O–H groups in total. The van der Waals surface area contributed by atoms with Gasteiger partial charge in [-0.3, -0.25) is 0 Å². The third-order valence-corrected chi connectivity index (χ3v) is 3.17. The molecule has 0 aliphatic carbocycles. The van der Waals surface area contributed by atoms with Crippen molar-refractivity contribution in [3.63, 3.8) is 0 Å². The van der Waals surface area contributed by atoms with Crippen molar-refractivity contribution in [2.24, 2.45) is 0 Å². The first-order valence-electron chi connectivity index (χ1n) is 10.6. The number of hydrogen-bond donors (Lipinski definition) is 0. The summed E-state index contributed by atoms with van der Waals surface area (Å²) in [4.78, 5) is 0. The maximum absolute atomic E-state index is 5.41. The maximum Gasteiger partial charge on any atom is 0.184 e. The molecule has 0 heterocycles. The minimum atomic E-state index is 0. The highest BCUT2D eigenvalue weighted by Crippen LogP contribution is 2.27. The van der Waals surface area contributed by atoms with Crippen LogP contribution in [0.25, 0.3) is 0 Å². The quantitative estimate of drug-likeness (QED) is 0.356. The third-order valence-electron chi connectivity index (χ3n) is 3.17. The van der Waals surface area contributed by atoms with Crippen LogP contribution in [0.4, 0.5) is 0 Å². The lowest BCUT2D eigenvalue weighted by molar-refractivity contribution is 0.452. The molecule has 0 bridgehead atoms. The number of aryl methyl sites for hydroxylation is 1. The zero-order valence-electron chi connectivity index (χ0n) is 21.2. The lowest BCUT2D eigenvalue weighted by Crippen LogP contribution is -1.90. The van der Waals surface area contributed by atoms with Gasteiger partial charge in [0.25, 0.3) is 0 Å². The Labute approximate surface area is 274 Å². The highest BCUT2D eigenvalue weighted by atomic mass is 16.5. The van der Waals surface area contributed by atoms with E-state index in [1.165, 1.54) is 0 Å². The first kappa shape index (κ1) is 30.8. The Balaban J connectivity index is -0.0000000382. The first-order chi connectivity index (χ1) is 20.3. The molecule has 1 aromatic carbocycles. The van der Waals surface area contributed by atoms with Crippen molar-refractivity contribution in [1.82, 2.24) is 0 Å². The number of terminal acetylenes is 2. The van der Waals surface area contributed by atoms with E-state index >= 15 is 0 Å². The Hall–Kier alpha value is -8.22. The summed E-state index contributed by atoms with van der Waals surface area (Å²) in [5.41, 5.74) is 0.928. The van der Waals surface area contributed by atoms with Crippen molar-refractivity contribution < 1.29 is 40.9 Å². The van der Waals surface area contributed by atoms with Gasteiger partial charge in [0.05, 0.1) is 0 Å². The van der Waals surface area contributed by atoms with Gasteiger partial charge >= 0.3 is 0 Å². The maximum atomic E-state index is 5.41. The summed E-state index contributed by atoms with van der Waals surface area (Å²) in [6, 6.07) is 5.25. The van der Waals surface area contributed by atoms with Gasteiger partial charge in [-0.2, -0.15) is 0 Å². The van der Waals surface area contributed by atoms with Crippen LogP contribution in [0.5, 0.6) is 11.5 Å². The van der Waals surface area contributed by atoms with Gasteiger partial charge in [-0.25, -0.2) is 0 Å². The molecule has 0 unspecified atom stereocenters. The topological polar surface area (TPSA) is 18.5 Å². The standard InChI is InChI=1S/C39H8O2.22H2/c1-4-6-8-10-12-14-16-18-20-22-24-26-28-30-34-40-38-33-32-37(3)36-39(38)41-35-31-29-27-25-23-21-19-17-15-13-11-9-7-5-2;;;;;;;;;;;;;;;;;;;;;;/h1-2,32-33,36H,3H3;22*1H. The molecule has 0 aromatic heterocycles. The molecule has 2 nitrogen and oxygen atoms in total. The molecule has 41 heavy (non-hydrogen) atoms. The number of benzene rings is 1. The Morgan fingerprint density at radius 2 is 0.707 bits per heavy atom. The molecule has 2 heteroatoms. The molecule has 0 spiro atoms. The van der Waals surface area contributed by atoms with E-state index in [-0.39, 0.29) is 31.4 Å². The van der Waals surface area contributed by atoms with Crippen LogP contribution in [-0.2, 0) is 0 Å². The Kier molecular flexibility index (Phi) is 17.7. The normalized spacial score (nSPS) is 5.34. The number of ether oxygens (including phenoxy) is 2. The molecule has 1 rings (SSSR count). The molecule has 1 aromatic rings. The second-order valence-electron chi connectivity index (χ2n) is 5.90. The van der Waals surface area contributed by atoms with Crippen LogP contribution in [0.1, 0.15) is 36.9 Å². The molecule has 0 saturated carbocycles. The molecule has 0 atom stereocenters. The monoisotopic (exact) mass is 552 g/mol. The van der Waals surface area contributed by atoms with E-state index in [1.807, 2.05) is 13.0 Å². The summed E-state index contributed by atoms with van der Waals surface area (Å²) in [6.45, 7) is 1.89. The fourth-order valence-electron chi connectivity index (χ4n) is 1.75. The van der Waals surface area contributed by atoms with Gasteiger partial charge in [0.1, 0.15) is 12.2 Å². The van der Waals surface area contributed by atoms with Crippen LogP contribution in [0.15, 0.2) is 18.2 Å². The molecular formula is C39H52O2. The lowest BCUT2D eigenvalue weighted by atomic mass is 10.2. The minimum absolute atomic E-state index is 0. The highest BCUT2D eigenvalue weighted by molar-refractivity contribution is 5.48. The van der Waals surface area contributed by atoms with Crippen molar-refractivity contribution in [3.8, 4) is 202 Å². The van der Waals surface area contributed by atoms with Crippen LogP contribution >= 0.6 is 0 Å². The summed E-state index contributed by atoms with van der Waals surface area (Å²) >= 11 is 0. The van der Waals surface area contributed by atoms with E-state index in [4.69, 9.17) is 22.3 Å². The molecule has 0 aliphatic rings. The van der Waals surface area contributed by atoms with Crippen LogP contribution < -0.4 is 9.47 Å². The molecule has 0 amide bonds. The fourth-order valence-corrected chi connectivity index (χ4v) is 1.75.